The van der Waals surface area contributed by atoms with E-state index in [0.717, 1.165) is 10.4 Å². The summed E-state index contributed by atoms with van der Waals surface area (Å²) in [5.41, 5.74) is 1.31. The minimum atomic E-state index is -3.56. The maximum Gasteiger partial charge on any atom is 0.271 e. The fraction of sp³-hybridized carbons (Fsp3) is 0.312. The molecular formula is C16H20N2O3S2. The van der Waals surface area contributed by atoms with E-state index in [9.17, 15) is 13.2 Å². The lowest BCUT2D eigenvalue weighted by Gasteiger charge is -2.09. The topological polar surface area (TPSA) is 75.3 Å². The van der Waals surface area contributed by atoms with E-state index < -0.39 is 10.0 Å². The van der Waals surface area contributed by atoms with Crippen molar-refractivity contribution in [2.45, 2.75) is 37.4 Å². The molecule has 5 nitrogen and oxygen atoms in total. The molecule has 0 unspecified atom stereocenters. The van der Waals surface area contributed by atoms with Crippen LogP contribution in [0.25, 0.3) is 0 Å². The third-order valence-corrected chi connectivity index (χ3v) is 5.87. The van der Waals surface area contributed by atoms with Gasteiger partial charge < -0.3 is 5.32 Å². The van der Waals surface area contributed by atoms with Crippen LogP contribution in [0, 0.1) is 6.92 Å². The lowest BCUT2D eigenvalue weighted by atomic mass is 10.1. The van der Waals surface area contributed by atoms with Gasteiger partial charge in [0.1, 0.15) is 4.21 Å². The van der Waals surface area contributed by atoms with Crippen molar-refractivity contribution in [2.75, 3.05) is 4.72 Å². The molecule has 0 spiro atoms. The number of sulfonamides is 1. The molecule has 0 aliphatic rings. The van der Waals surface area contributed by atoms with E-state index in [2.05, 4.69) is 10.0 Å². The van der Waals surface area contributed by atoms with Gasteiger partial charge in [0.15, 0.2) is 0 Å². The minimum Gasteiger partial charge on any atom is -0.354 e. The van der Waals surface area contributed by atoms with Crippen LogP contribution in [0.15, 0.2) is 40.6 Å². The van der Waals surface area contributed by atoms with E-state index in [1.165, 1.54) is 11.3 Å². The summed E-state index contributed by atoms with van der Waals surface area (Å²) < 4.78 is 27.3. The number of benzene rings is 1. The predicted molar refractivity (Wildman–Crippen MR) is 93.3 cm³/mol. The number of thiophene rings is 1. The van der Waals surface area contributed by atoms with Crippen molar-refractivity contribution in [2.24, 2.45) is 0 Å². The Morgan fingerprint density at radius 1 is 1.13 bits per heavy atom. The first-order valence-corrected chi connectivity index (χ1v) is 9.54. The Morgan fingerprint density at radius 3 is 2.30 bits per heavy atom. The number of amides is 1. The number of carbonyl (C=O) groups excluding carboxylic acids is 1. The molecule has 0 radical (unpaired) electrons. The zero-order valence-corrected chi connectivity index (χ0v) is 14.9. The summed E-state index contributed by atoms with van der Waals surface area (Å²) in [4.78, 5) is 12.6. The summed E-state index contributed by atoms with van der Waals surface area (Å²) in [6.07, 6.45) is 0.273. The molecule has 2 rings (SSSR count). The second kappa shape index (κ2) is 7.14. The number of anilines is 1. The van der Waals surface area contributed by atoms with Gasteiger partial charge in [-0.15, -0.1) is 11.3 Å². The molecule has 0 aliphatic carbocycles. The molecule has 1 aromatic heterocycles. The molecule has 0 fully saturated rings. The predicted octanol–water partition coefficient (Wildman–Crippen LogP) is 2.92. The van der Waals surface area contributed by atoms with Gasteiger partial charge in [0.25, 0.3) is 10.0 Å². The highest BCUT2D eigenvalue weighted by atomic mass is 32.2. The van der Waals surface area contributed by atoms with Crippen LogP contribution < -0.4 is 10.0 Å². The summed E-state index contributed by atoms with van der Waals surface area (Å²) in [6.45, 7) is 5.67. The third kappa shape index (κ3) is 5.07. The van der Waals surface area contributed by atoms with Crippen molar-refractivity contribution >= 4 is 33.0 Å². The molecule has 2 aromatic rings. The zero-order chi connectivity index (χ0) is 17.0. The van der Waals surface area contributed by atoms with Crippen molar-refractivity contribution in [3.8, 4) is 0 Å². The monoisotopic (exact) mass is 352 g/mol. The smallest absolute Gasteiger partial charge is 0.271 e. The number of hydrogen-bond acceptors (Lipinski definition) is 4. The van der Waals surface area contributed by atoms with E-state index in [4.69, 9.17) is 0 Å². The van der Waals surface area contributed by atoms with Gasteiger partial charge in [-0.25, -0.2) is 8.42 Å². The average molecular weight is 352 g/mol. The SMILES string of the molecule is Cc1ccc(S(=O)(=O)Nc2ccc(CC(=O)NC(C)C)cc2)s1. The van der Waals surface area contributed by atoms with Gasteiger partial charge in [-0.05, 0) is 50.6 Å². The second-order valence-corrected chi connectivity index (χ2v) is 8.76. The van der Waals surface area contributed by atoms with Crippen LogP contribution in [-0.4, -0.2) is 20.4 Å². The Bertz CT molecular complexity index is 778. The Hall–Kier alpha value is -1.86. The molecular weight excluding hydrogens is 332 g/mol. The molecule has 0 saturated heterocycles. The van der Waals surface area contributed by atoms with Crippen molar-refractivity contribution in [3.63, 3.8) is 0 Å². The fourth-order valence-corrected chi connectivity index (χ4v) is 4.35. The molecule has 23 heavy (non-hydrogen) atoms. The van der Waals surface area contributed by atoms with Crippen molar-refractivity contribution in [3.05, 3.63) is 46.8 Å². The molecule has 1 amide bonds. The first kappa shape index (κ1) is 17.5. The van der Waals surface area contributed by atoms with Crippen molar-refractivity contribution in [1.82, 2.24) is 5.32 Å². The highest BCUT2D eigenvalue weighted by Crippen LogP contribution is 2.23. The Kier molecular flexibility index (Phi) is 5.43. The zero-order valence-electron chi connectivity index (χ0n) is 13.3. The molecule has 0 aliphatic heterocycles. The van der Waals surface area contributed by atoms with Crippen molar-refractivity contribution in [1.29, 1.82) is 0 Å². The lowest BCUT2D eigenvalue weighted by Crippen LogP contribution is -2.31. The Morgan fingerprint density at radius 2 is 1.78 bits per heavy atom. The van der Waals surface area contributed by atoms with Gasteiger partial charge in [0.05, 0.1) is 6.42 Å². The van der Waals surface area contributed by atoms with Gasteiger partial charge in [0.2, 0.25) is 5.91 Å². The van der Waals surface area contributed by atoms with Crippen LogP contribution in [0.3, 0.4) is 0 Å². The van der Waals surface area contributed by atoms with Gasteiger partial charge in [-0.2, -0.15) is 0 Å². The van der Waals surface area contributed by atoms with E-state index in [0.29, 0.717) is 5.69 Å². The van der Waals surface area contributed by atoms with E-state index in [-0.39, 0.29) is 22.6 Å². The molecule has 7 heteroatoms. The number of carbonyl (C=O) groups is 1. The van der Waals surface area contributed by atoms with Gasteiger partial charge >= 0.3 is 0 Å². The number of hydrogen-bond donors (Lipinski definition) is 2. The molecule has 0 saturated carbocycles. The average Bonchev–Trinajstić information content (AvgIpc) is 2.87. The first-order chi connectivity index (χ1) is 10.8. The van der Waals surface area contributed by atoms with Crippen LogP contribution in [0.1, 0.15) is 24.3 Å². The first-order valence-electron chi connectivity index (χ1n) is 7.24. The highest BCUT2D eigenvalue weighted by molar-refractivity contribution is 7.94. The van der Waals surface area contributed by atoms with Crippen LogP contribution in [0.5, 0.6) is 0 Å². The van der Waals surface area contributed by atoms with Gasteiger partial charge in [-0.3, -0.25) is 9.52 Å². The lowest BCUT2D eigenvalue weighted by molar-refractivity contribution is -0.120. The highest BCUT2D eigenvalue weighted by Gasteiger charge is 2.16. The van der Waals surface area contributed by atoms with Gasteiger partial charge in [0, 0.05) is 16.6 Å². The molecule has 1 heterocycles. The summed E-state index contributed by atoms with van der Waals surface area (Å²) in [6, 6.07) is 10.3. The minimum absolute atomic E-state index is 0.0533. The maximum absolute atomic E-state index is 12.2. The molecule has 1 aromatic carbocycles. The van der Waals surface area contributed by atoms with Gasteiger partial charge in [-0.1, -0.05) is 12.1 Å². The standard InChI is InChI=1S/C16H20N2O3S2/c1-11(2)17-15(19)10-13-5-7-14(8-6-13)18-23(20,21)16-9-4-12(3)22-16/h4-9,11,18H,10H2,1-3H3,(H,17,19). The fourth-order valence-electron chi connectivity index (χ4n) is 2.01. The normalized spacial score (nSPS) is 11.5. The molecule has 0 atom stereocenters. The third-order valence-electron chi connectivity index (χ3n) is 3.00. The number of rotatable bonds is 6. The van der Waals surface area contributed by atoms with Crippen LogP contribution >= 0.6 is 11.3 Å². The molecule has 2 N–H and O–H groups in total. The summed E-state index contributed by atoms with van der Waals surface area (Å²) >= 11 is 1.23. The molecule has 0 bridgehead atoms. The quantitative estimate of drug-likeness (QED) is 0.839. The van der Waals surface area contributed by atoms with Crippen LogP contribution in [0.4, 0.5) is 5.69 Å². The van der Waals surface area contributed by atoms with E-state index in [1.54, 1.807) is 36.4 Å². The number of aryl methyl sites for hydroxylation is 1. The molecule has 124 valence electrons. The second-order valence-electron chi connectivity index (χ2n) is 5.57. The number of nitrogens with one attached hydrogen (secondary N) is 2. The van der Waals surface area contributed by atoms with E-state index >= 15 is 0 Å². The summed E-state index contributed by atoms with van der Waals surface area (Å²) in [7, 11) is -3.56. The van der Waals surface area contributed by atoms with Crippen molar-refractivity contribution < 1.29 is 13.2 Å². The van der Waals surface area contributed by atoms with Crippen LogP contribution in [-0.2, 0) is 21.2 Å². The van der Waals surface area contributed by atoms with E-state index in [1.807, 2.05) is 20.8 Å². The van der Waals surface area contributed by atoms with Crippen LogP contribution in [0.2, 0.25) is 0 Å². The maximum atomic E-state index is 12.2. The Labute approximate surface area is 140 Å². The summed E-state index contributed by atoms with van der Waals surface area (Å²) in [5, 5.41) is 2.82. The largest absolute Gasteiger partial charge is 0.354 e. The Balaban J connectivity index is 2.04. The summed E-state index contributed by atoms with van der Waals surface area (Å²) in [5.74, 6) is -0.0533.